The first-order chi connectivity index (χ1) is 6.75. The Kier molecular flexibility index (Phi) is 2.23. The molecule has 14 heavy (non-hydrogen) atoms. The van der Waals surface area contributed by atoms with Crippen LogP contribution in [0.15, 0.2) is 60.5 Å². The molecule has 1 heterocycles. The zero-order valence-electron chi connectivity index (χ0n) is 8.09. The molecular formula is C13H13N. The van der Waals surface area contributed by atoms with Gasteiger partial charge in [0.05, 0.1) is 0 Å². The van der Waals surface area contributed by atoms with Crippen LogP contribution >= 0.6 is 0 Å². The van der Waals surface area contributed by atoms with Crippen LogP contribution in [0.2, 0.25) is 0 Å². The molecule has 1 N–H and O–H groups in total. The van der Waals surface area contributed by atoms with Gasteiger partial charge in [0.1, 0.15) is 0 Å². The summed E-state index contributed by atoms with van der Waals surface area (Å²) >= 11 is 0. The molecule has 1 fully saturated rings. The molecule has 0 amide bonds. The average Bonchev–Trinajstić information content (AvgIpc) is 2.47. The summed E-state index contributed by atoms with van der Waals surface area (Å²) in [6, 6.07) is 10.3. The van der Waals surface area contributed by atoms with Gasteiger partial charge in [-0.2, -0.15) is 0 Å². The molecule has 1 aromatic carbocycles. The molecule has 0 radical (unpaired) electrons. The van der Waals surface area contributed by atoms with E-state index in [1.54, 1.807) is 0 Å². The van der Waals surface area contributed by atoms with E-state index in [1.165, 1.54) is 11.1 Å². The van der Waals surface area contributed by atoms with Crippen LogP contribution in [0.25, 0.3) is 6.08 Å². The van der Waals surface area contributed by atoms with E-state index in [4.69, 9.17) is 0 Å². The fourth-order valence-corrected chi connectivity index (χ4v) is 1.56. The molecule has 0 saturated carbocycles. The van der Waals surface area contributed by atoms with Gasteiger partial charge in [-0.15, -0.1) is 0 Å². The second-order valence-corrected chi connectivity index (χ2v) is 3.46. The molecule has 0 atom stereocenters. The first kappa shape index (κ1) is 8.82. The van der Waals surface area contributed by atoms with Gasteiger partial charge in [0, 0.05) is 17.8 Å². The highest BCUT2D eigenvalue weighted by Crippen LogP contribution is 2.24. The number of hydrogen-bond donors (Lipinski definition) is 1. The lowest BCUT2D eigenvalue weighted by molar-refractivity contribution is 1.07. The van der Waals surface area contributed by atoms with E-state index >= 15 is 0 Å². The van der Waals surface area contributed by atoms with Crippen LogP contribution in [0.1, 0.15) is 12.0 Å². The molecule has 1 aliphatic rings. The fourth-order valence-electron chi connectivity index (χ4n) is 1.56. The van der Waals surface area contributed by atoms with Gasteiger partial charge in [-0.1, -0.05) is 43.5 Å². The van der Waals surface area contributed by atoms with Gasteiger partial charge >= 0.3 is 0 Å². The van der Waals surface area contributed by atoms with Crippen molar-refractivity contribution in [3.63, 3.8) is 0 Å². The minimum Gasteiger partial charge on any atom is -0.359 e. The van der Waals surface area contributed by atoms with Crippen LogP contribution < -0.4 is 5.32 Å². The Morgan fingerprint density at radius 2 is 1.86 bits per heavy atom. The second-order valence-electron chi connectivity index (χ2n) is 3.46. The average molecular weight is 183 g/mol. The lowest BCUT2D eigenvalue weighted by Crippen LogP contribution is -1.99. The van der Waals surface area contributed by atoms with E-state index < -0.39 is 0 Å². The molecule has 1 heteroatoms. The first-order valence-corrected chi connectivity index (χ1v) is 4.65. The molecule has 0 spiro atoms. The Hall–Kier alpha value is -1.76. The standard InChI is InChI=1S/C13H13N/c1-10-8-13(11(2)14-10)9-12-6-4-3-5-7-12/h3-7,9,14H,1-2,8H2. The Balaban J connectivity index is 2.28. The van der Waals surface area contributed by atoms with E-state index in [-0.39, 0.29) is 0 Å². The van der Waals surface area contributed by atoms with Crippen molar-refractivity contribution in [3.8, 4) is 0 Å². The van der Waals surface area contributed by atoms with E-state index in [0.717, 1.165) is 17.8 Å². The molecular weight excluding hydrogens is 170 g/mol. The van der Waals surface area contributed by atoms with Gasteiger partial charge in [0.2, 0.25) is 0 Å². The molecule has 0 unspecified atom stereocenters. The number of nitrogens with one attached hydrogen (secondary N) is 1. The van der Waals surface area contributed by atoms with Crippen molar-refractivity contribution in [2.75, 3.05) is 0 Å². The second kappa shape index (κ2) is 3.54. The molecule has 2 rings (SSSR count). The van der Waals surface area contributed by atoms with Crippen molar-refractivity contribution < 1.29 is 0 Å². The van der Waals surface area contributed by atoms with Gasteiger partial charge in [0.15, 0.2) is 0 Å². The van der Waals surface area contributed by atoms with Crippen LogP contribution in [-0.4, -0.2) is 0 Å². The Bertz CT molecular complexity index is 399. The van der Waals surface area contributed by atoms with E-state index in [0.29, 0.717) is 0 Å². The third-order valence-electron chi connectivity index (χ3n) is 2.26. The van der Waals surface area contributed by atoms with Gasteiger partial charge in [-0.3, -0.25) is 0 Å². The van der Waals surface area contributed by atoms with Crippen molar-refractivity contribution in [1.29, 1.82) is 0 Å². The summed E-state index contributed by atoms with van der Waals surface area (Å²) in [5, 5.41) is 3.13. The van der Waals surface area contributed by atoms with Gasteiger partial charge in [-0.25, -0.2) is 0 Å². The van der Waals surface area contributed by atoms with Gasteiger partial charge < -0.3 is 5.32 Å². The lowest BCUT2D eigenvalue weighted by atomic mass is 10.1. The van der Waals surface area contributed by atoms with E-state index in [1.807, 2.05) is 18.2 Å². The Labute approximate surface area is 84.5 Å². The van der Waals surface area contributed by atoms with Gasteiger partial charge in [-0.05, 0) is 17.2 Å². The number of hydrogen-bond acceptors (Lipinski definition) is 1. The Morgan fingerprint density at radius 3 is 2.43 bits per heavy atom. The monoisotopic (exact) mass is 183 g/mol. The molecule has 1 aromatic rings. The minimum absolute atomic E-state index is 0.883. The number of rotatable bonds is 1. The van der Waals surface area contributed by atoms with Crippen molar-refractivity contribution in [2.45, 2.75) is 6.42 Å². The molecule has 1 saturated heterocycles. The maximum atomic E-state index is 3.94. The summed E-state index contributed by atoms with van der Waals surface area (Å²) < 4.78 is 0. The lowest BCUT2D eigenvalue weighted by Gasteiger charge is -1.97. The smallest absolute Gasteiger partial charge is 0.0345 e. The number of benzene rings is 1. The third kappa shape index (κ3) is 1.77. The zero-order chi connectivity index (χ0) is 9.97. The summed E-state index contributed by atoms with van der Waals surface area (Å²) in [7, 11) is 0. The number of allylic oxidation sites excluding steroid dienone is 2. The first-order valence-electron chi connectivity index (χ1n) is 4.65. The predicted octanol–water partition coefficient (Wildman–Crippen LogP) is 3.09. The maximum Gasteiger partial charge on any atom is 0.0345 e. The third-order valence-corrected chi connectivity index (χ3v) is 2.26. The van der Waals surface area contributed by atoms with Crippen LogP contribution in [-0.2, 0) is 0 Å². The molecule has 1 nitrogen and oxygen atoms in total. The molecule has 0 aromatic heterocycles. The molecule has 1 aliphatic heterocycles. The molecule has 0 bridgehead atoms. The van der Waals surface area contributed by atoms with Crippen LogP contribution in [0, 0.1) is 0 Å². The Morgan fingerprint density at radius 1 is 1.14 bits per heavy atom. The van der Waals surface area contributed by atoms with Crippen molar-refractivity contribution in [3.05, 3.63) is 66.0 Å². The van der Waals surface area contributed by atoms with Gasteiger partial charge in [0.25, 0.3) is 0 Å². The summed E-state index contributed by atoms with van der Waals surface area (Å²) in [6.07, 6.45) is 3.03. The predicted molar refractivity (Wildman–Crippen MR) is 60.5 cm³/mol. The molecule has 70 valence electrons. The highest BCUT2D eigenvalue weighted by atomic mass is 14.9. The zero-order valence-corrected chi connectivity index (χ0v) is 8.09. The normalized spacial score (nSPS) is 18.7. The topological polar surface area (TPSA) is 12.0 Å². The molecule has 0 aliphatic carbocycles. The summed E-state index contributed by atoms with van der Waals surface area (Å²) in [5.74, 6) is 0. The largest absolute Gasteiger partial charge is 0.359 e. The van der Waals surface area contributed by atoms with E-state index in [9.17, 15) is 0 Å². The summed E-state index contributed by atoms with van der Waals surface area (Å²) in [4.78, 5) is 0. The van der Waals surface area contributed by atoms with Crippen molar-refractivity contribution >= 4 is 6.08 Å². The summed E-state index contributed by atoms with van der Waals surface area (Å²) in [6.45, 7) is 7.83. The fraction of sp³-hybridized carbons (Fsp3) is 0.0769. The van der Waals surface area contributed by atoms with Crippen LogP contribution in [0.4, 0.5) is 0 Å². The van der Waals surface area contributed by atoms with Crippen LogP contribution in [0.5, 0.6) is 0 Å². The van der Waals surface area contributed by atoms with E-state index in [2.05, 4.69) is 36.7 Å². The maximum absolute atomic E-state index is 3.94. The van der Waals surface area contributed by atoms with Crippen LogP contribution in [0.3, 0.4) is 0 Å². The highest BCUT2D eigenvalue weighted by Gasteiger charge is 2.13. The quantitative estimate of drug-likeness (QED) is 0.705. The summed E-state index contributed by atoms with van der Waals surface area (Å²) in [5.41, 5.74) is 4.43. The van der Waals surface area contributed by atoms with Crippen molar-refractivity contribution in [2.24, 2.45) is 0 Å². The minimum atomic E-state index is 0.883. The highest BCUT2D eigenvalue weighted by molar-refractivity contribution is 5.60. The van der Waals surface area contributed by atoms with Crippen molar-refractivity contribution in [1.82, 2.24) is 5.32 Å². The SMILES string of the molecule is C=C1CC(=Cc2ccccc2)C(=C)N1.